The lowest BCUT2D eigenvalue weighted by Crippen LogP contribution is -2.49. The van der Waals surface area contributed by atoms with Crippen molar-refractivity contribution < 1.29 is 20.1 Å². The fraction of sp³-hybridized carbons (Fsp3) is 1.00. The lowest BCUT2D eigenvalue weighted by Gasteiger charge is -2.34. The molecule has 1 rings (SSSR count). The molecule has 0 amide bonds. The molecule has 0 aromatic carbocycles. The predicted molar refractivity (Wildman–Crippen MR) is 38.1 cm³/mol. The molecular weight excluding hydrogens is 148 g/mol. The van der Waals surface area contributed by atoms with Gasteiger partial charge in [0.05, 0.1) is 18.8 Å². The van der Waals surface area contributed by atoms with Crippen LogP contribution in [0.4, 0.5) is 0 Å². The van der Waals surface area contributed by atoms with Crippen LogP contribution >= 0.6 is 0 Å². The van der Waals surface area contributed by atoms with Gasteiger partial charge in [0.2, 0.25) is 0 Å². The number of hydrogen-bond donors (Lipinski definition) is 3. The highest BCUT2D eigenvalue weighted by Crippen LogP contribution is 2.19. The molecule has 1 heterocycles. The molecule has 4 nitrogen and oxygen atoms in total. The van der Waals surface area contributed by atoms with Crippen molar-refractivity contribution in [3.8, 4) is 0 Å². The molecule has 0 unspecified atom stereocenters. The van der Waals surface area contributed by atoms with Gasteiger partial charge in [-0.25, -0.2) is 0 Å². The second-order valence-electron chi connectivity index (χ2n) is 2.96. The first-order valence-corrected chi connectivity index (χ1v) is 3.77. The molecule has 4 atom stereocenters. The minimum Gasteiger partial charge on any atom is -0.394 e. The summed E-state index contributed by atoms with van der Waals surface area (Å²) in [5.74, 6) is 0. The second-order valence-corrected chi connectivity index (χ2v) is 2.96. The van der Waals surface area contributed by atoms with Crippen molar-refractivity contribution in [1.82, 2.24) is 0 Å². The Morgan fingerprint density at radius 1 is 1.45 bits per heavy atom. The molecule has 3 N–H and O–H groups in total. The molecule has 4 heteroatoms. The molecule has 1 aliphatic rings. The van der Waals surface area contributed by atoms with Crippen LogP contribution < -0.4 is 0 Å². The summed E-state index contributed by atoms with van der Waals surface area (Å²) in [5, 5.41) is 27.1. The molecule has 0 aliphatic carbocycles. The number of aliphatic hydroxyl groups is 3. The van der Waals surface area contributed by atoms with Gasteiger partial charge < -0.3 is 20.1 Å². The van der Waals surface area contributed by atoms with Crippen LogP contribution in [0.25, 0.3) is 0 Å². The Kier molecular flexibility index (Phi) is 2.84. The maximum Gasteiger partial charge on any atom is 0.109 e. The van der Waals surface area contributed by atoms with Crippen molar-refractivity contribution in [1.29, 1.82) is 0 Å². The monoisotopic (exact) mass is 162 g/mol. The van der Waals surface area contributed by atoms with Gasteiger partial charge in [0.15, 0.2) is 0 Å². The zero-order chi connectivity index (χ0) is 8.43. The summed E-state index contributed by atoms with van der Waals surface area (Å²) < 4.78 is 5.16. The third-order valence-corrected chi connectivity index (χ3v) is 1.94. The van der Waals surface area contributed by atoms with Crippen LogP contribution in [0.5, 0.6) is 0 Å². The molecule has 1 fully saturated rings. The number of aliphatic hydroxyl groups excluding tert-OH is 3. The molecule has 0 saturated carbocycles. The largest absolute Gasteiger partial charge is 0.394 e. The Bertz CT molecular complexity index is 128. The summed E-state index contributed by atoms with van der Waals surface area (Å²) in [6.45, 7) is 1.56. The van der Waals surface area contributed by atoms with E-state index in [9.17, 15) is 10.2 Å². The van der Waals surface area contributed by atoms with E-state index in [2.05, 4.69) is 0 Å². The van der Waals surface area contributed by atoms with Crippen LogP contribution in [0.2, 0.25) is 0 Å². The summed E-state index contributed by atoms with van der Waals surface area (Å²) in [6, 6.07) is 0. The Labute approximate surface area is 65.4 Å². The van der Waals surface area contributed by atoms with Gasteiger partial charge in [0.25, 0.3) is 0 Å². The van der Waals surface area contributed by atoms with Crippen molar-refractivity contribution in [3.63, 3.8) is 0 Å². The number of hydrogen-bond acceptors (Lipinski definition) is 4. The molecule has 0 bridgehead atoms. The van der Waals surface area contributed by atoms with Gasteiger partial charge in [-0.05, 0) is 6.92 Å². The van der Waals surface area contributed by atoms with Crippen LogP contribution in [-0.2, 0) is 4.74 Å². The Morgan fingerprint density at radius 2 is 2.09 bits per heavy atom. The summed E-state index contributed by atoms with van der Waals surface area (Å²) in [5.41, 5.74) is 0. The Balaban J connectivity index is 2.51. The number of rotatable bonds is 1. The summed E-state index contributed by atoms with van der Waals surface area (Å²) >= 11 is 0. The molecule has 0 spiro atoms. The van der Waals surface area contributed by atoms with E-state index in [1.165, 1.54) is 0 Å². The quantitative estimate of drug-likeness (QED) is 0.456. The highest BCUT2D eigenvalue weighted by molar-refractivity contribution is 4.83. The zero-order valence-corrected chi connectivity index (χ0v) is 6.47. The lowest BCUT2D eigenvalue weighted by molar-refractivity contribution is -0.174. The van der Waals surface area contributed by atoms with E-state index < -0.39 is 18.3 Å². The van der Waals surface area contributed by atoms with E-state index >= 15 is 0 Å². The molecule has 0 aromatic rings. The normalized spacial score (nSPS) is 45.8. The van der Waals surface area contributed by atoms with Crippen LogP contribution in [0.1, 0.15) is 13.3 Å². The predicted octanol–water partition coefficient (Wildman–Crippen LogP) is -1.12. The maximum atomic E-state index is 9.22. The van der Waals surface area contributed by atoms with Gasteiger partial charge in [0.1, 0.15) is 12.2 Å². The van der Waals surface area contributed by atoms with Gasteiger partial charge in [-0.3, -0.25) is 0 Å². The highest BCUT2D eigenvalue weighted by atomic mass is 16.5. The average Bonchev–Trinajstić information content (AvgIpc) is 1.96. The van der Waals surface area contributed by atoms with Crippen molar-refractivity contribution in [2.24, 2.45) is 0 Å². The fourth-order valence-electron chi connectivity index (χ4n) is 1.31. The SMILES string of the molecule is C[C@@H]1C[C@@H](O)[C@H](O)[C@@H](CO)O1. The van der Waals surface area contributed by atoms with E-state index in [4.69, 9.17) is 9.84 Å². The molecule has 11 heavy (non-hydrogen) atoms. The van der Waals surface area contributed by atoms with Crippen LogP contribution in [0.15, 0.2) is 0 Å². The maximum absolute atomic E-state index is 9.22. The Hall–Kier alpha value is -0.160. The molecule has 1 aliphatic heterocycles. The second kappa shape index (κ2) is 3.49. The molecule has 0 aromatic heterocycles. The summed E-state index contributed by atoms with van der Waals surface area (Å²) in [4.78, 5) is 0. The topological polar surface area (TPSA) is 69.9 Å². The van der Waals surface area contributed by atoms with E-state index in [1.807, 2.05) is 0 Å². The molecule has 66 valence electrons. The fourth-order valence-corrected chi connectivity index (χ4v) is 1.31. The van der Waals surface area contributed by atoms with Gasteiger partial charge >= 0.3 is 0 Å². The van der Waals surface area contributed by atoms with Crippen molar-refractivity contribution in [2.45, 2.75) is 37.8 Å². The van der Waals surface area contributed by atoms with Crippen LogP contribution in [0.3, 0.4) is 0 Å². The van der Waals surface area contributed by atoms with Gasteiger partial charge in [-0.15, -0.1) is 0 Å². The van der Waals surface area contributed by atoms with Crippen LogP contribution in [0, 0.1) is 0 Å². The molecular formula is C7H14O4. The van der Waals surface area contributed by atoms with Gasteiger partial charge in [-0.2, -0.15) is 0 Å². The Morgan fingerprint density at radius 3 is 2.64 bits per heavy atom. The zero-order valence-electron chi connectivity index (χ0n) is 6.47. The first kappa shape index (κ1) is 8.93. The summed E-state index contributed by atoms with van der Waals surface area (Å²) in [6.07, 6.45) is -2.01. The van der Waals surface area contributed by atoms with Crippen molar-refractivity contribution in [3.05, 3.63) is 0 Å². The van der Waals surface area contributed by atoms with Crippen molar-refractivity contribution >= 4 is 0 Å². The van der Waals surface area contributed by atoms with E-state index in [0.29, 0.717) is 6.42 Å². The smallest absolute Gasteiger partial charge is 0.109 e. The van der Waals surface area contributed by atoms with Crippen LogP contribution in [-0.4, -0.2) is 46.3 Å². The van der Waals surface area contributed by atoms with E-state index in [0.717, 1.165) is 0 Å². The minimum absolute atomic E-state index is 0.0921. The molecule has 1 saturated heterocycles. The third kappa shape index (κ3) is 1.90. The highest BCUT2D eigenvalue weighted by Gasteiger charge is 2.34. The standard InChI is InChI=1S/C7H14O4/c1-4-2-5(9)7(10)6(3-8)11-4/h4-10H,2-3H2,1H3/t4-,5-,6-,7+/m1/s1. The number of ether oxygens (including phenoxy) is 1. The molecule has 0 radical (unpaired) electrons. The van der Waals surface area contributed by atoms with E-state index in [1.54, 1.807) is 6.92 Å². The summed E-state index contributed by atoms with van der Waals surface area (Å²) in [7, 11) is 0. The third-order valence-electron chi connectivity index (χ3n) is 1.94. The minimum atomic E-state index is -0.948. The van der Waals surface area contributed by atoms with Gasteiger partial charge in [0, 0.05) is 6.42 Å². The van der Waals surface area contributed by atoms with E-state index in [-0.39, 0.29) is 12.7 Å². The van der Waals surface area contributed by atoms with Crippen molar-refractivity contribution in [2.75, 3.05) is 6.61 Å². The lowest BCUT2D eigenvalue weighted by atomic mass is 9.99. The first-order valence-electron chi connectivity index (χ1n) is 3.77. The average molecular weight is 162 g/mol. The first-order chi connectivity index (χ1) is 5.15. The van der Waals surface area contributed by atoms with Gasteiger partial charge in [-0.1, -0.05) is 0 Å².